The molecule has 4 nitrogen and oxygen atoms in total. The Morgan fingerprint density at radius 2 is 1.79 bits per heavy atom. The van der Waals surface area contributed by atoms with Crippen LogP contribution in [-0.2, 0) is 17.5 Å². The number of carbonyl (C=O) groups excluding carboxylic acids is 1. The molecule has 1 aromatic heterocycles. The quantitative estimate of drug-likeness (QED) is 0.353. The molecule has 1 amide bonds. The Kier molecular flexibility index (Phi) is 5.37. The molecule has 1 saturated heterocycles. The zero-order valence-electron chi connectivity index (χ0n) is 17.4. The van der Waals surface area contributed by atoms with Gasteiger partial charge in [0.05, 0.1) is 16.6 Å². The van der Waals surface area contributed by atoms with Gasteiger partial charge in [0.25, 0.3) is 0 Å². The van der Waals surface area contributed by atoms with Crippen molar-refractivity contribution in [1.82, 2.24) is 9.55 Å². The van der Waals surface area contributed by atoms with E-state index in [4.69, 9.17) is 16.6 Å². The number of aromatic nitrogens is 2. The molecule has 0 N–H and O–H groups in total. The number of carbonyl (C=O) groups is 1. The predicted octanol–water partition coefficient (Wildman–Crippen LogP) is 6.28. The number of halogens is 4. The molecule has 5 rings (SSSR count). The van der Waals surface area contributed by atoms with Crippen LogP contribution >= 0.6 is 11.6 Å². The Bertz CT molecular complexity index is 1350. The van der Waals surface area contributed by atoms with Crippen molar-refractivity contribution in [2.45, 2.75) is 25.1 Å². The second kappa shape index (κ2) is 8.23. The summed E-state index contributed by atoms with van der Waals surface area (Å²) in [4.78, 5) is 19.1. The first-order chi connectivity index (χ1) is 15.8. The molecule has 168 valence electrons. The molecule has 33 heavy (non-hydrogen) atoms. The topological polar surface area (TPSA) is 38.1 Å². The summed E-state index contributed by atoms with van der Waals surface area (Å²) in [5, 5.41) is 0.630. The second-order valence-corrected chi connectivity index (χ2v) is 8.56. The number of alkyl halides is 3. The fourth-order valence-electron chi connectivity index (χ4n) is 4.37. The minimum Gasteiger partial charge on any atom is -0.323 e. The standard InChI is InChI=1S/C25H19ClF3N3O/c26-19-7-3-5-16(11-19)14-32-22-10-2-1-9-21(22)30-24(32)17-12-23(33)31(15-17)20-8-4-6-18(13-20)25(27,28)29/h1-11,13,17H,12,14-15H2/t17-/m0/s1. The van der Waals surface area contributed by atoms with E-state index in [-0.39, 0.29) is 30.5 Å². The first-order valence-corrected chi connectivity index (χ1v) is 10.8. The van der Waals surface area contributed by atoms with E-state index >= 15 is 0 Å². The van der Waals surface area contributed by atoms with Crippen LogP contribution in [0.25, 0.3) is 11.0 Å². The molecule has 1 aliphatic heterocycles. The molecule has 0 radical (unpaired) electrons. The highest BCUT2D eigenvalue weighted by molar-refractivity contribution is 6.30. The van der Waals surface area contributed by atoms with Crippen molar-refractivity contribution in [3.8, 4) is 0 Å². The number of amides is 1. The van der Waals surface area contributed by atoms with Crippen molar-refractivity contribution >= 4 is 34.2 Å². The maximum atomic E-state index is 13.2. The summed E-state index contributed by atoms with van der Waals surface area (Å²) in [6.07, 6.45) is -4.29. The van der Waals surface area contributed by atoms with Crippen LogP contribution in [0.2, 0.25) is 5.02 Å². The third-order valence-corrected chi connectivity index (χ3v) is 6.12. The van der Waals surface area contributed by atoms with Crippen LogP contribution in [0.1, 0.15) is 29.3 Å². The van der Waals surface area contributed by atoms with E-state index in [0.717, 1.165) is 34.6 Å². The summed E-state index contributed by atoms with van der Waals surface area (Å²) in [5.41, 5.74) is 2.20. The van der Waals surface area contributed by atoms with Crippen molar-refractivity contribution in [1.29, 1.82) is 0 Å². The lowest BCUT2D eigenvalue weighted by Crippen LogP contribution is -2.25. The molecule has 1 aliphatic rings. The van der Waals surface area contributed by atoms with Gasteiger partial charge in [-0.25, -0.2) is 4.98 Å². The fourth-order valence-corrected chi connectivity index (χ4v) is 4.58. The number of imidazole rings is 1. The first kappa shape index (κ1) is 21.5. The zero-order valence-corrected chi connectivity index (χ0v) is 18.1. The van der Waals surface area contributed by atoms with Gasteiger partial charge in [0.1, 0.15) is 5.82 Å². The lowest BCUT2D eigenvalue weighted by atomic mass is 10.1. The Labute approximate surface area is 193 Å². The maximum Gasteiger partial charge on any atom is 0.416 e. The molecule has 0 saturated carbocycles. The molecule has 0 spiro atoms. The summed E-state index contributed by atoms with van der Waals surface area (Å²) in [5.74, 6) is 0.262. The van der Waals surface area contributed by atoms with Crippen molar-refractivity contribution in [3.05, 3.63) is 94.8 Å². The number of nitrogens with zero attached hydrogens (tertiary/aromatic N) is 3. The Morgan fingerprint density at radius 1 is 1.00 bits per heavy atom. The molecule has 0 aliphatic carbocycles. The van der Waals surface area contributed by atoms with Crippen molar-refractivity contribution in [2.75, 3.05) is 11.4 Å². The van der Waals surface area contributed by atoms with Gasteiger partial charge in [0, 0.05) is 36.1 Å². The van der Waals surface area contributed by atoms with Gasteiger partial charge in [-0.1, -0.05) is 41.9 Å². The van der Waals surface area contributed by atoms with Gasteiger partial charge in [-0.3, -0.25) is 4.79 Å². The van der Waals surface area contributed by atoms with Gasteiger partial charge < -0.3 is 9.47 Å². The highest BCUT2D eigenvalue weighted by Gasteiger charge is 2.36. The van der Waals surface area contributed by atoms with Crippen molar-refractivity contribution in [2.24, 2.45) is 0 Å². The van der Waals surface area contributed by atoms with Gasteiger partial charge in [0.15, 0.2) is 0 Å². The molecule has 4 aromatic rings. The van der Waals surface area contributed by atoms with Crippen molar-refractivity contribution in [3.63, 3.8) is 0 Å². The van der Waals surface area contributed by atoms with Gasteiger partial charge in [-0.15, -0.1) is 0 Å². The van der Waals surface area contributed by atoms with E-state index in [1.165, 1.54) is 17.0 Å². The number of rotatable bonds is 4. The van der Waals surface area contributed by atoms with Gasteiger partial charge in [-0.2, -0.15) is 13.2 Å². The molecule has 2 heterocycles. The molecule has 0 unspecified atom stereocenters. The van der Waals surface area contributed by atoms with Crippen LogP contribution in [-0.4, -0.2) is 22.0 Å². The van der Waals surface area contributed by atoms with Crippen molar-refractivity contribution < 1.29 is 18.0 Å². The largest absolute Gasteiger partial charge is 0.416 e. The van der Waals surface area contributed by atoms with E-state index in [0.29, 0.717) is 11.6 Å². The Hall–Kier alpha value is -3.32. The van der Waals surface area contributed by atoms with E-state index in [1.54, 1.807) is 6.07 Å². The first-order valence-electron chi connectivity index (χ1n) is 10.5. The number of benzene rings is 3. The minimum absolute atomic E-state index is 0.176. The summed E-state index contributed by atoms with van der Waals surface area (Å²) in [6.45, 7) is 0.781. The van der Waals surface area contributed by atoms with E-state index in [9.17, 15) is 18.0 Å². The highest BCUT2D eigenvalue weighted by Crippen LogP contribution is 2.36. The number of anilines is 1. The average molecular weight is 470 g/mol. The smallest absolute Gasteiger partial charge is 0.323 e. The van der Waals surface area contributed by atoms with Crippen LogP contribution in [0.5, 0.6) is 0 Å². The van der Waals surface area contributed by atoms with Crippen LogP contribution in [0, 0.1) is 0 Å². The van der Waals surface area contributed by atoms with Gasteiger partial charge in [0.2, 0.25) is 5.91 Å². The molecule has 1 fully saturated rings. The number of fused-ring (bicyclic) bond motifs is 1. The predicted molar refractivity (Wildman–Crippen MR) is 121 cm³/mol. The fraction of sp³-hybridized carbons (Fsp3) is 0.200. The molecule has 0 bridgehead atoms. The van der Waals surface area contributed by atoms with Crippen LogP contribution in [0.3, 0.4) is 0 Å². The average Bonchev–Trinajstić information content (AvgIpc) is 3.34. The number of para-hydroxylation sites is 2. The summed E-state index contributed by atoms with van der Waals surface area (Å²) in [6, 6.07) is 20.1. The van der Waals surface area contributed by atoms with Gasteiger partial charge >= 0.3 is 6.18 Å². The normalized spacial score (nSPS) is 16.7. The SMILES string of the molecule is O=C1C[C@H](c2nc3ccccc3n2Cc2cccc(Cl)c2)CN1c1cccc(C(F)(F)F)c1. The lowest BCUT2D eigenvalue weighted by molar-refractivity contribution is -0.137. The molecular weight excluding hydrogens is 451 g/mol. The summed E-state index contributed by atoms with van der Waals surface area (Å²) in [7, 11) is 0. The lowest BCUT2D eigenvalue weighted by Gasteiger charge is -2.19. The monoisotopic (exact) mass is 469 g/mol. The molecule has 3 aromatic carbocycles. The third kappa shape index (κ3) is 4.20. The molecule has 8 heteroatoms. The molecular formula is C25H19ClF3N3O. The summed E-state index contributed by atoms with van der Waals surface area (Å²) < 4.78 is 41.6. The number of hydrogen-bond acceptors (Lipinski definition) is 2. The van der Waals surface area contributed by atoms with Crippen LogP contribution < -0.4 is 4.90 Å². The zero-order chi connectivity index (χ0) is 23.2. The summed E-state index contributed by atoms with van der Waals surface area (Å²) >= 11 is 6.16. The van der Waals surface area contributed by atoms with E-state index < -0.39 is 11.7 Å². The Balaban J connectivity index is 1.51. The van der Waals surface area contributed by atoms with E-state index in [2.05, 4.69) is 4.57 Å². The maximum absolute atomic E-state index is 13.2. The molecule has 1 atom stereocenters. The van der Waals surface area contributed by atoms with Crippen LogP contribution in [0.15, 0.2) is 72.8 Å². The minimum atomic E-state index is -4.47. The highest BCUT2D eigenvalue weighted by atomic mass is 35.5. The van der Waals surface area contributed by atoms with E-state index in [1.807, 2.05) is 42.5 Å². The number of hydrogen-bond donors (Lipinski definition) is 0. The second-order valence-electron chi connectivity index (χ2n) is 8.13. The third-order valence-electron chi connectivity index (χ3n) is 5.89. The Morgan fingerprint density at radius 3 is 2.58 bits per heavy atom. The van der Waals surface area contributed by atoms with Crippen LogP contribution in [0.4, 0.5) is 18.9 Å². The van der Waals surface area contributed by atoms with Gasteiger partial charge in [-0.05, 0) is 48.0 Å².